The lowest BCUT2D eigenvalue weighted by atomic mass is 10.0. The van der Waals surface area contributed by atoms with Crippen LogP contribution >= 0.6 is 11.3 Å². The number of aryl methyl sites for hydroxylation is 2. The number of nitrogens with zero attached hydrogens (tertiary/aromatic N) is 4. The first-order chi connectivity index (χ1) is 19.7. The first-order valence-electron chi connectivity index (χ1n) is 14.0. The largest absolute Gasteiger partial charge is 0.320 e. The highest BCUT2D eigenvalue weighted by molar-refractivity contribution is 7.25. The molecule has 0 fully saturated rings. The van der Waals surface area contributed by atoms with Gasteiger partial charge in [-0.3, -0.25) is 0 Å². The Morgan fingerprint density at radius 3 is 2.27 bits per heavy atom. The number of fused-ring (bicyclic) bond motifs is 6. The Kier molecular flexibility index (Phi) is 5.47. The van der Waals surface area contributed by atoms with Crippen LogP contribution in [-0.2, 0) is 13.0 Å². The van der Waals surface area contributed by atoms with Crippen molar-refractivity contribution >= 4 is 66.3 Å². The van der Waals surface area contributed by atoms with Crippen molar-refractivity contribution in [2.45, 2.75) is 32.4 Å². The Labute approximate surface area is 238 Å². The zero-order chi connectivity index (χ0) is 26.7. The summed E-state index contributed by atoms with van der Waals surface area (Å²) in [6, 6.07) is 35.7. The fraction of sp³-hybridized carbons (Fsp3) is 0.147. The SMILES string of the molecule is C[Si](c1ccccc1)(c1ccccc1)c1cc(-c2ncnc3c2sc2c3nc3n2CCCC3)cc2ccccc12. The van der Waals surface area contributed by atoms with Gasteiger partial charge in [-0.2, -0.15) is 0 Å². The van der Waals surface area contributed by atoms with Gasteiger partial charge in [-0.05, 0) is 45.2 Å². The van der Waals surface area contributed by atoms with Crippen molar-refractivity contribution < 1.29 is 0 Å². The summed E-state index contributed by atoms with van der Waals surface area (Å²) in [7, 11) is -2.37. The van der Waals surface area contributed by atoms with Gasteiger partial charge in [0.1, 0.15) is 36.1 Å². The number of benzene rings is 4. The van der Waals surface area contributed by atoms with E-state index in [0.29, 0.717) is 0 Å². The maximum Gasteiger partial charge on any atom is 0.146 e. The predicted octanol–water partition coefficient (Wildman–Crippen LogP) is 6.30. The van der Waals surface area contributed by atoms with Crippen LogP contribution in [0.5, 0.6) is 0 Å². The average molecular weight is 553 g/mol. The molecule has 4 aromatic carbocycles. The monoisotopic (exact) mass is 552 g/mol. The van der Waals surface area contributed by atoms with Gasteiger partial charge < -0.3 is 4.57 Å². The van der Waals surface area contributed by atoms with E-state index in [9.17, 15) is 0 Å². The summed E-state index contributed by atoms with van der Waals surface area (Å²) >= 11 is 1.80. The van der Waals surface area contributed by atoms with E-state index in [1.165, 1.54) is 49.8 Å². The number of rotatable bonds is 4. The summed E-state index contributed by atoms with van der Waals surface area (Å²) < 4.78 is 3.54. The zero-order valence-electron chi connectivity index (χ0n) is 22.3. The highest BCUT2D eigenvalue weighted by Crippen LogP contribution is 2.39. The smallest absolute Gasteiger partial charge is 0.146 e. The van der Waals surface area contributed by atoms with Gasteiger partial charge in [-0.1, -0.05) is 97.5 Å². The van der Waals surface area contributed by atoms with E-state index >= 15 is 0 Å². The third kappa shape index (κ3) is 3.53. The molecule has 0 radical (unpaired) electrons. The molecule has 7 aromatic rings. The molecular weight excluding hydrogens is 525 g/mol. The van der Waals surface area contributed by atoms with Crippen molar-refractivity contribution in [2.24, 2.45) is 0 Å². The lowest BCUT2D eigenvalue weighted by molar-refractivity contribution is 0.534. The Hall–Kier alpha value is -4.13. The van der Waals surface area contributed by atoms with E-state index in [2.05, 4.69) is 108 Å². The molecule has 0 N–H and O–H groups in total. The van der Waals surface area contributed by atoms with Crippen molar-refractivity contribution in [2.75, 3.05) is 0 Å². The van der Waals surface area contributed by atoms with Gasteiger partial charge in [-0.25, -0.2) is 15.0 Å². The summed E-state index contributed by atoms with van der Waals surface area (Å²) in [5.41, 5.74) is 4.17. The number of thiophene rings is 1. The van der Waals surface area contributed by atoms with Gasteiger partial charge >= 0.3 is 0 Å². The van der Waals surface area contributed by atoms with Crippen LogP contribution in [-0.4, -0.2) is 27.6 Å². The molecule has 1 aliphatic heterocycles. The van der Waals surface area contributed by atoms with Crippen molar-refractivity contribution in [1.82, 2.24) is 19.5 Å². The molecule has 0 amide bonds. The molecule has 40 heavy (non-hydrogen) atoms. The topological polar surface area (TPSA) is 43.6 Å². The molecular formula is C34H28N4SSi. The van der Waals surface area contributed by atoms with E-state index < -0.39 is 8.07 Å². The molecule has 0 saturated heterocycles. The van der Waals surface area contributed by atoms with Crippen LogP contribution in [0, 0.1) is 0 Å². The Morgan fingerprint density at radius 2 is 1.50 bits per heavy atom. The molecule has 0 unspecified atom stereocenters. The maximum atomic E-state index is 5.05. The van der Waals surface area contributed by atoms with Crippen LogP contribution < -0.4 is 15.6 Å². The highest BCUT2D eigenvalue weighted by Gasteiger charge is 2.36. The third-order valence-corrected chi connectivity index (χ3v) is 14.3. The molecule has 6 heteroatoms. The summed E-state index contributed by atoms with van der Waals surface area (Å²) in [6.07, 6.45) is 5.20. The lowest BCUT2D eigenvalue weighted by Gasteiger charge is -2.31. The molecule has 194 valence electrons. The van der Waals surface area contributed by atoms with Gasteiger partial charge in [0.2, 0.25) is 0 Å². The standard InChI is InChI=1S/C34H28N4SSi/c1-40(25-13-4-2-5-14-25,26-15-6-3-7-16-26)28-21-24(20-23-12-8-9-17-27(23)28)30-33-31(36-22-35-30)32-34(39-33)38-19-11-10-18-29(38)37-32/h2-9,12-17,20-22H,10-11,18-19H2,1H3. The lowest BCUT2D eigenvalue weighted by Crippen LogP contribution is -2.65. The second-order valence-electron chi connectivity index (χ2n) is 10.9. The Morgan fingerprint density at radius 1 is 0.775 bits per heavy atom. The maximum absolute atomic E-state index is 5.05. The first kappa shape index (κ1) is 23.7. The summed E-state index contributed by atoms with van der Waals surface area (Å²) in [6.45, 7) is 3.53. The molecule has 0 spiro atoms. The number of imidazole rings is 1. The second kappa shape index (κ2) is 9.22. The van der Waals surface area contributed by atoms with E-state index in [-0.39, 0.29) is 0 Å². The normalized spacial score (nSPS) is 13.7. The molecule has 0 bridgehead atoms. The number of aromatic nitrogens is 4. The summed E-state index contributed by atoms with van der Waals surface area (Å²) in [5, 5.41) is 6.77. The van der Waals surface area contributed by atoms with Crippen LogP contribution in [0.2, 0.25) is 6.55 Å². The van der Waals surface area contributed by atoms with Crippen LogP contribution in [0.15, 0.2) is 103 Å². The van der Waals surface area contributed by atoms with E-state index in [1.54, 1.807) is 17.7 Å². The molecule has 4 nitrogen and oxygen atoms in total. The molecule has 3 aromatic heterocycles. The van der Waals surface area contributed by atoms with Crippen molar-refractivity contribution in [3.05, 3.63) is 109 Å². The minimum atomic E-state index is -2.37. The summed E-state index contributed by atoms with van der Waals surface area (Å²) in [4.78, 5) is 16.0. The van der Waals surface area contributed by atoms with Gasteiger partial charge in [0.25, 0.3) is 0 Å². The number of hydrogen-bond acceptors (Lipinski definition) is 4. The van der Waals surface area contributed by atoms with Crippen LogP contribution in [0.25, 0.3) is 42.6 Å². The van der Waals surface area contributed by atoms with Gasteiger partial charge in [0, 0.05) is 18.5 Å². The van der Waals surface area contributed by atoms with Crippen molar-refractivity contribution in [3.8, 4) is 11.3 Å². The highest BCUT2D eigenvalue weighted by atomic mass is 32.1. The Balaban J connectivity index is 1.42. The zero-order valence-corrected chi connectivity index (χ0v) is 24.2. The second-order valence-corrected chi connectivity index (χ2v) is 15.8. The van der Waals surface area contributed by atoms with E-state index in [1.807, 2.05) is 0 Å². The fourth-order valence-electron chi connectivity index (χ4n) is 6.54. The van der Waals surface area contributed by atoms with Gasteiger partial charge in [0.15, 0.2) is 0 Å². The van der Waals surface area contributed by atoms with Gasteiger partial charge in [0.05, 0.1) is 10.4 Å². The molecule has 8 rings (SSSR count). The van der Waals surface area contributed by atoms with Gasteiger partial charge in [-0.15, -0.1) is 11.3 Å². The minimum Gasteiger partial charge on any atom is -0.320 e. The summed E-state index contributed by atoms with van der Waals surface area (Å²) in [5.74, 6) is 1.20. The fourth-order valence-corrected chi connectivity index (χ4v) is 11.7. The van der Waals surface area contributed by atoms with Crippen LogP contribution in [0.1, 0.15) is 18.7 Å². The molecule has 0 atom stereocenters. The van der Waals surface area contributed by atoms with Crippen molar-refractivity contribution in [1.29, 1.82) is 0 Å². The van der Waals surface area contributed by atoms with Crippen LogP contribution in [0.4, 0.5) is 0 Å². The predicted molar refractivity (Wildman–Crippen MR) is 170 cm³/mol. The quantitative estimate of drug-likeness (QED) is 0.190. The Bertz CT molecular complexity index is 1990. The minimum absolute atomic E-state index is 0.979. The van der Waals surface area contributed by atoms with E-state index in [4.69, 9.17) is 15.0 Å². The first-order valence-corrected chi connectivity index (χ1v) is 17.3. The molecule has 0 aliphatic carbocycles. The number of hydrogen-bond donors (Lipinski definition) is 0. The van der Waals surface area contributed by atoms with Crippen LogP contribution in [0.3, 0.4) is 0 Å². The average Bonchev–Trinajstić information content (AvgIpc) is 3.57. The molecule has 1 aliphatic rings. The van der Waals surface area contributed by atoms with Crippen molar-refractivity contribution in [3.63, 3.8) is 0 Å². The third-order valence-electron chi connectivity index (χ3n) is 8.64. The molecule has 4 heterocycles. The van der Waals surface area contributed by atoms with E-state index in [0.717, 1.165) is 40.0 Å². The molecule has 0 saturated carbocycles.